The van der Waals surface area contributed by atoms with Gasteiger partial charge in [0.15, 0.2) is 0 Å². The highest BCUT2D eigenvalue weighted by Gasteiger charge is 2.18. The molecule has 3 aromatic rings. The summed E-state index contributed by atoms with van der Waals surface area (Å²) in [5.74, 6) is -0.346. The van der Waals surface area contributed by atoms with Gasteiger partial charge in [0.05, 0.1) is 39.8 Å². The van der Waals surface area contributed by atoms with Crippen LogP contribution in [-0.2, 0) is 4.79 Å². The number of piperidine rings is 1. The Balaban J connectivity index is 1.69. The summed E-state index contributed by atoms with van der Waals surface area (Å²) in [7, 11) is 0. The van der Waals surface area contributed by atoms with Crippen molar-refractivity contribution in [1.82, 2.24) is 9.88 Å². The van der Waals surface area contributed by atoms with Crippen LogP contribution in [0.3, 0.4) is 0 Å². The summed E-state index contributed by atoms with van der Waals surface area (Å²) in [5, 5.41) is 16.5. The molecule has 1 fully saturated rings. The van der Waals surface area contributed by atoms with Crippen LogP contribution >= 0.6 is 11.6 Å². The van der Waals surface area contributed by atoms with Gasteiger partial charge in [-0.3, -0.25) is 14.7 Å². The van der Waals surface area contributed by atoms with E-state index in [2.05, 4.69) is 26.6 Å². The van der Waals surface area contributed by atoms with Crippen molar-refractivity contribution in [3.63, 3.8) is 0 Å². The molecule has 4 rings (SSSR count). The number of benzene rings is 2. The highest BCUT2D eigenvalue weighted by molar-refractivity contribution is 6.31. The van der Waals surface area contributed by atoms with Gasteiger partial charge in [-0.05, 0) is 64.0 Å². The molecule has 7 nitrogen and oxygen atoms in total. The number of aryl methyl sites for hydroxylation is 1. The van der Waals surface area contributed by atoms with E-state index in [1.807, 2.05) is 13.0 Å². The molecule has 1 aromatic heterocycles. The third-order valence-corrected chi connectivity index (χ3v) is 6.50. The number of rotatable bonds is 8. The maximum atomic E-state index is 13.7. The Kier molecular flexibility index (Phi) is 8.59. The topological polar surface area (TPSA) is 90.3 Å². The molecule has 192 valence electrons. The van der Waals surface area contributed by atoms with Crippen LogP contribution in [0.5, 0.6) is 5.75 Å². The number of nitrogens with zero attached hydrogens (tertiary/aromatic N) is 3. The van der Waals surface area contributed by atoms with Crippen molar-refractivity contribution in [3.8, 4) is 11.8 Å². The second-order valence-electron chi connectivity index (χ2n) is 8.86. The lowest BCUT2D eigenvalue weighted by molar-refractivity contribution is -0.111. The lowest BCUT2D eigenvalue weighted by atomic mass is 10.0. The largest absolute Gasteiger partial charge is 0.492 e. The number of nitrogens with one attached hydrogen (secondary N) is 2. The van der Waals surface area contributed by atoms with Gasteiger partial charge in [-0.1, -0.05) is 24.1 Å². The third kappa shape index (κ3) is 6.37. The van der Waals surface area contributed by atoms with Crippen LogP contribution in [0.25, 0.3) is 10.9 Å². The standard InChI is InChI=1S/C28H29ClFN5O2/c1-3-37-26-16-24-20(15-25(26)34-27(36)8-7-13-35-11-5-4-6-12-35)28(21(17-31)18(2)32-24)33-19-9-10-23(30)22(29)14-19/h7-10,14-16H,3-6,11-13H2,1-2H3,(H,32,33)(H,34,36)/b8-7+. The summed E-state index contributed by atoms with van der Waals surface area (Å²) < 4.78 is 19.5. The van der Waals surface area contributed by atoms with E-state index in [1.54, 1.807) is 19.1 Å². The van der Waals surface area contributed by atoms with Gasteiger partial charge in [-0.2, -0.15) is 5.26 Å². The summed E-state index contributed by atoms with van der Waals surface area (Å²) in [6, 6.07) is 9.90. The van der Waals surface area contributed by atoms with Crippen molar-refractivity contribution >= 4 is 45.5 Å². The molecule has 0 radical (unpaired) electrons. The molecule has 0 saturated carbocycles. The lowest BCUT2D eigenvalue weighted by Gasteiger charge is -2.24. The SMILES string of the molecule is CCOc1cc2nc(C)c(C#N)c(Nc3ccc(F)c(Cl)c3)c2cc1NC(=O)/C=C/CN1CCCCC1. The number of amides is 1. The molecule has 0 spiro atoms. The predicted octanol–water partition coefficient (Wildman–Crippen LogP) is 6.33. The molecule has 1 aliphatic heterocycles. The van der Waals surface area contributed by atoms with Gasteiger partial charge in [0.2, 0.25) is 5.91 Å². The van der Waals surface area contributed by atoms with Crippen LogP contribution in [0.1, 0.15) is 37.4 Å². The summed E-state index contributed by atoms with van der Waals surface area (Å²) in [6.45, 7) is 6.82. The Labute approximate surface area is 220 Å². The number of hydrogen-bond acceptors (Lipinski definition) is 6. The highest BCUT2D eigenvalue weighted by atomic mass is 35.5. The molecule has 0 bridgehead atoms. The molecular formula is C28H29ClFN5O2. The molecule has 0 atom stereocenters. The second kappa shape index (κ2) is 12.0. The van der Waals surface area contributed by atoms with E-state index in [9.17, 15) is 14.4 Å². The number of likely N-dealkylation sites (tertiary alicyclic amines) is 1. The van der Waals surface area contributed by atoms with E-state index in [4.69, 9.17) is 16.3 Å². The van der Waals surface area contributed by atoms with E-state index in [1.165, 1.54) is 43.5 Å². The van der Waals surface area contributed by atoms with E-state index in [-0.39, 0.29) is 10.9 Å². The van der Waals surface area contributed by atoms with Gasteiger partial charge < -0.3 is 15.4 Å². The lowest BCUT2D eigenvalue weighted by Crippen LogP contribution is -2.29. The number of carbonyl (C=O) groups excluding carboxylic acids is 1. The van der Waals surface area contributed by atoms with Crippen LogP contribution in [0.4, 0.5) is 21.5 Å². The zero-order chi connectivity index (χ0) is 26.4. The number of nitriles is 1. The summed E-state index contributed by atoms with van der Waals surface area (Å²) in [4.78, 5) is 19.7. The fourth-order valence-electron chi connectivity index (χ4n) is 4.40. The van der Waals surface area contributed by atoms with Crippen LogP contribution in [0.15, 0.2) is 42.5 Å². The van der Waals surface area contributed by atoms with Gasteiger partial charge >= 0.3 is 0 Å². The molecule has 1 saturated heterocycles. The Morgan fingerprint density at radius 3 is 2.76 bits per heavy atom. The van der Waals surface area contributed by atoms with Gasteiger partial charge in [-0.15, -0.1) is 0 Å². The van der Waals surface area contributed by atoms with Crippen molar-refractivity contribution in [2.45, 2.75) is 33.1 Å². The van der Waals surface area contributed by atoms with E-state index in [0.29, 0.717) is 51.6 Å². The van der Waals surface area contributed by atoms with Gasteiger partial charge in [-0.25, -0.2) is 4.39 Å². The van der Waals surface area contributed by atoms with Crippen LogP contribution in [0, 0.1) is 24.1 Å². The molecule has 37 heavy (non-hydrogen) atoms. The van der Waals surface area contributed by atoms with Crippen LogP contribution in [0.2, 0.25) is 5.02 Å². The van der Waals surface area contributed by atoms with E-state index < -0.39 is 5.82 Å². The van der Waals surface area contributed by atoms with Crippen LogP contribution in [-0.4, -0.2) is 42.0 Å². The molecule has 1 amide bonds. The normalized spacial score (nSPS) is 14.0. The first-order valence-electron chi connectivity index (χ1n) is 12.3. The maximum Gasteiger partial charge on any atom is 0.248 e. The predicted molar refractivity (Wildman–Crippen MR) is 145 cm³/mol. The fraction of sp³-hybridized carbons (Fsp3) is 0.321. The third-order valence-electron chi connectivity index (χ3n) is 6.21. The Hall–Kier alpha value is -3.67. The van der Waals surface area contributed by atoms with Crippen molar-refractivity contribution in [1.29, 1.82) is 5.26 Å². The Morgan fingerprint density at radius 1 is 1.27 bits per heavy atom. The zero-order valence-corrected chi connectivity index (χ0v) is 21.7. The summed E-state index contributed by atoms with van der Waals surface area (Å²) >= 11 is 5.97. The minimum atomic E-state index is -0.539. The van der Waals surface area contributed by atoms with E-state index >= 15 is 0 Å². The average molecular weight is 522 g/mol. The summed E-state index contributed by atoms with van der Waals surface area (Å²) in [5.41, 5.74) is 2.87. The number of fused-ring (bicyclic) bond motifs is 1. The van der Waals surface area contributed by atoms with Crippen molar-refractivity contribution in [3.05, 3.63) is 64.6 Å². The molecule has 2 N–H and O–H groups in total. The molecular weight excluding hydrogens is 493 g/mol. The Bertz CT molecular complexity index is 1380. The first-order valence-corrected chi connectivity index (χ1v) is 12.7. The average Bonchev–Trinajstić information content (AvgIpc) is 2.88. The molecule has 1 aliphatic rings. The minimum absolute atomic E-state index is 0.0403. The number of anilines is 3. The van der Waals surface area contributed by atoms with Crippen molar-refractivity contribution in [2.24, 2.45) is 0 Å². The molecule has 0 aliphatic carbocycles. The van der Waals surface area contributed by atoms with Crippen molar-refractivity contribution in [2.75, 3.05) is 36.9 Å². The number of halogens is 2. The number of carbonyl (C=O) groups is 1. The minimum Gasteiger partial charge on any atom is -0.492 e. The second-order valence-corrected chi connectivity index (χ2v) is 9.27. The highest BCUT2D eigenvalue weighted by Crippen LogP contribution is 2.37. The van der Waals surface area contributed by atoms with E-state index in [0.717, 1.165) is 19.6 Å². The quantitative estimate of drug-likeness (QED) is 0.337. The summed E-state index contributed by atoms with van der Waals surface area (Å²) in [6.07, 6.45) is 7.03. The number of ether oxygens (including phenoxy) is 1. The molecule has 2 aromatic carbocycles. The van der Waals surface area contributed by atoms with Crippen molar-refractivity contribution < 1.29 is 13.9 Å². The molecule has 0 unspecified atom stereocenters. The Morgan fingerprint density at radius 2 is 2.05 bits per heavy atom. The van der Waals surface area contributed by atoms with Gasteiger partial charge in [0.1, 0.15) is 17.6 Å². The molecule has 2 heterocycles. The smallest absolute Gasteiger partial charge is 0.248 e. The maximum absolute atomic E-state index is 13.7. The van der Waals surface area contributed by atoms with Gasteiger partial charge in [0.25, 0.3) is 0 Å². The first-order chi connectivity index (χ1) is 17.9. The molecule has 9 heteroatoms. The monoisotopic (exact) mass is 521 g/mol. The number of aromatic nitrogens is 1. The zero-order valence-electron chi connectivity index (χ0n) is 20.9. The fourth-order valence-corrected chi connectivity index (χ4v) is 4.58. The number of hydrogen-bond donors (Lipinski definition) is 2. The first kappa shape index (κ1) is 26.4. The van der Waals surface area contributed by atoms with Gasteiger partial charge in [0, 0.05) is 29.8 Å². The van der Waals surface area contributed by atoms with Crippen LogP contribution < -0.4 is 15.4 Å². The number of pyridine rings is 1.